The molecule has 6 nitrogen and oxygen atoms in total. The lowest BCUT2D eigenvalue weighted by Gasteiger charge is -2.30. The SMILES string of the molecule is COc1cc(OC)c2nc(Nc3sc4c(c3-c3nc5ccccc5s3)CCN(C(C)C)C4)sc2c1. The van der Waals surface area contributed by atoms with Crippen LogP contribution in [0.5, 0.6) is 11.5 Å². The van der Waals surface area contributed by atoms with Crippen molar-refractivity contribution in [1.29, 1.82) is 0 Å². The summed E-state index contributed by atoms with van der Waals surface area (Å²) >= 11 is 5.21. The van der Waals surface area contributed by atoms with E-state index in [2.05, 4.69) is 48.3 Å². The van der Waals surface area contributed by atoms with Gasteiger partial charge in [-0.25, -0.2) is 9.97 Å². The number of hydrogen-bond acceptors (Lipinski definition) is 9. The molecule has 9 heteroatoms. The van der Waals surface area contributed by atoms with Crippen molar-refractivity contribution < 1.29 is 9.47 Å². The molecule has 0 aliphatic carbocycles. The lowest BCUT2D eigenvalue weighted by atomic mass is 10.0. The number of nitrogens with one attached hydrogen (secondary N) is 1. The molecule has 0 fully saturated rings. The van der Waals surface area contributed by atoms with Gasteiger partial charge in [-0.2, -0.15) is 0 Å². The highest BCUT2D eigenvalue weighted by molar-refractivity contribution is 7.24. The van der Waals surface area contributed by atoms with Gasteiger partial charge < -0.3 is 14.8 Å². The van der Waals surface area contributed by atoms with Crippen molar-refractivity contribution in [1.82, 2.24) is 14.9 Å². The predicted octanol–water partition coefficient (Wildman–Crippen LogP) is 7.16. The average Bonchev–Trinajstić information content (AvgIpc) is 3.56. The van der Waals surface area contributed by atoms with Gasteiger partial charge in [0, 0.05) is 35.6 Å². The first-order chi connectivity index (χ1) is 17.0. The first kappa shape index (κ1) is 22.7. The molecule has 0 saturated carbocycles. The van der Waals surface area contributed by atoms with E-state index >= 15 is 0 Å². The number of ether oxygens (including phenoxy) is 2. The highest BCUT2D eigenvalue weighted by Gasteiger charge is 2.28. The molecule has 1 aliphatic heterocycles. The number of benzene rings is 2. The van der Waals surface area contributed by atoms with Gasteiger partial charge in [-0.15, -0.1) is 22.7 Å². The fourth-order valence-corrected chi connectivity index (χ4v) is 7.92. The van der Waals surface area contributed by atoms with Crippen LogP contribution in [0.15, 0.2) is 36.4 Å². The third-order valence-electron chi connectivity index (χ3n) is 6.43. The number of nitrogens with zero attached hydrogens (tertiary/aromatic N) is 3. The molecule has 0 amide bonds. The van der Waals surface area contributed by atoms with Gasteiger partial charge in [-0.05, 0) is 44.0 Å². The number of aromatic nitrogens is 2. The van der Waals surface area contributed by atoms with Crippen LogP contribution in [0, 0.1) is 0 Å². The molecular formula is C26H26N4O2S3. The minimum absolute atomic E-state index is 0.527. The second-order valence-electron chi connectivity index (χ2n) is 8.83. The van der Waals surface area contributed by atoms with Gasteiger partial charge in [0.2, 0.25) is 0 Å². The monoisotopic (exact) mass is 522 g/mol. The van der Waals surface area contributed by atoms with Crippen LogP contribution in [0.2, 0.25) is 0 Å². The van der Waals surface area contributed by atoms with Crippen molar-refractivity contribution in [3.8, 4) is 22.1 Å². The number of thiophene rings is 1. The maximum atomic E-state index is 5.59. The minimum atomic E-state index is 0.527. The molecule has 180 valence electrons. The summed E-state index contributed by atoms with van der Waals surface area (Å²) < 4.78 is 13.3. The fraction of sp³-hybridized carbons (Fsp3) is 0.308. The zero-order chi connectivity index (χ0) is 24.1. The van der Waals surface area contributed by atoms with Gasteiger partial charge in [-0.1, -0.05) is 23.5 Å². The Labute approximate surface area is 216 Å². The van der Waals surface area contributed by atoms with Crippen LogP contribution in [-0.2, 0) is 13.0 Å². The van der Waals surface area contributed by atoms with Crippen LogP contribution in [0.25, 0.3) is 31.0 Å². The summed E-state index contributed by atoms with van der Waals surface area (Å²) in [7, 11) is 3.33. The van der Waals surface area contributed by atoms with Crippen LogP contribution in [-0.4, -0.2) is 41.7 Å². The van der Waals surface area contributed by atoms with Crippen molar-refractivity contribution in [2.45, 2.75) is 32.9 Å². The lowest BCUT2D eigenvalue weighted by Crippen LogP contribution is -2.35. The molecule has 2 aromatic carbocycles. The van der Waals surface area contributed by atoms with E-state index in [1.807, 2.05) is 23.5 Å². The largest absolute Gasteiger partial charge is 0.497 e. The van der Waals surface area contributed by atoms with Crippen molar-refractivity contribution in [3.63, 3.8) is 0 Å². The number of para-hydroxylation sites is 1. The van der Waals surface area contributed by atoms with Crippen LogP contribution in [0.1, 0.15) is 24.3 Å². The second-order valence-corrected chi connectivity index (χ2v) is 12.0. The van der Waals surface area contributed by atoms with E-state index in [9.17, 15) is 0 Å². The molecular weight excluding hydrogens is 497 g/mol. The number of thiazole rings is 2. The number of rotatable bonds is 6. The van der Waals surface area contributed by atoms with E-state index in [0.717, 1.165) is 56.1 Å². The zero-order valence-electron chi connectivity index (χ0n) is 20.0. The standard InChI is InChI=1S/C26H26N4O2S3/c1-14(2)30-10-9-16-21(13-30)34-25(22(16)24-27-17-7-5-6-8-19(17)33-24)29-26-28-23-18(32-4)11-15(31-3)12-20(23)35-26/h5-8,11-12,14H,9-10,13H2,1-4H3,(H,28,29). The molecule has 3 aromatic heterocycles. The summed E-state index contributed by atoms with van der Waals surface area (Å²) in [5, 5.41) is 6.70. The van der Waals surface area contributed by atoms with E-state index in [1.54, 1.807) is 36.9 Å². The Hall–Kier alpha value is -2.72. The quantitative estimate of drug-likeness (QED) is 0.255. The van der Waals surface area contributed by atoms with Crippen LogP contribution >= 0.6 is 34.0 Å². The molecule has 0 atom stereocenters. The molecule has 0 spiro atoms. The summed E-state index contributed by atoms with van der Waals surface area (Å²) in [6, 6.07) is 12.8. The molecule has 1 aliphatic rings. The van der Waals surface area contributed by atoms with Gasteiger partial charge in [0.25, 0.3) is 0 Å². The Bertz CT molecular complexity index is 1500. The Morgan fingerprint density at radius 2 is 1.86 bits per heavy atom. The number of methoxy groups -OCH3 is 2. The van der Waals surface area contributed by atoms with Crippen molar-refractivity contribution >= 4 is 64.6 Å². The molecule has 0 saturated heterocycles. The fourth-order valence-electron chi connectivity index (χ4n) is 4.56. The highest BCUT2D eigenvalue weighted by Crippen LogP contribution is 2.47. The van der Waals surface area contributed by atoms with Crippen LogP contribution in [0.3, 0.4) is 0 Å². The van der Waals surface area contributed by atoms with E-state index in [0.29, 0.717) is 11.8 Å². The summed E-state index contributed by atoms with van der Waals surface area (Å²) in [4.78, 5) is 13.9. The number of hydrogen-bond donors (Lipinski definition) is 1. The maximum Gasteiger partial charge on any atom is 0.189 e. The van der Waals surface area contributed by atoms with E-state index < -0.39 is 0 Å². The Kier molecular flexibility index (Phi) is 5.88. The zero-order valence-corrected chi connectivity index (χ0v) is 22.5. The Balaban J connectivity index is 1.46. The lowest BCUT2D eigenvalue weighted by molar-refractivity contribution is 0.206. The van der Waals surface area contributed by atoms with Gasteiger partial charge in [0.1, 0.15) is 27.0 Å². The molecule has 5 aromatic rings. The van der Waals surface area contributed by atoms with Gasteiger partial charge in [0.15, 0.2) is 5.13 Å². The van der Waals surface area contributed by atoms with Gasteiger partial charge in [-0.3, -0.25) is 4.90 Å². The maximum absolute atomic E-state index is 5.59. The molecule has 0 unspecified atom stereocenters. The van der Waals surface area contributed by atoms with Crippen molar-refractivity contribution in [2.24, 2.45) is 0 Å². The van der Waals surface area contributed by atoms with Crippen molar-refractivity contribution in [2.75, 3.05) is 26.1 Å². The third kappa shape index (κ3) is 4.06. The predicted molar refractivity (Wildman–Crippen MR) is 148 cm³/mol. The summed E-state index contributed by atoms with van der Waals surface area (Å²) in [6.07, 6.45) is 1.03. The number of anilines is 2. The van der Waals surface area contributed by atoms with E-state index in [-0.39, 0.29) is 0 Å². The summed E-state index contributed by atoms with van der Waals surface area (Å²) in [5.41, 5.74) is 4.55. The topological polar surface area (TPSA) is 59.5 Å². The van der Waals surface area contributed by atoms with Crippen LogP contribution in [0.4, 0.5) is 10.1 Å². The first-order valence-electron chi connectivity index (χ1n) is 11.6. The number of fused-ring (bicyclic) bond motifs is 3. The normalized spacial score (nSPS) is 14.1. The molecule has 1 N–H and O–H groups in total. The highest BCUT2D eigenvalue weighted by atomic mass is 32.1. The molecule has 35 heavy (non-hydrogen) atoms. The van der Waals surface area contributed by atoms with Gasteiger partial charge in [0.05, 0.1) is 29.1 Å². The first-order valence-corrected chi connectivity index (χ1v) is 14.0. The molecule has 6 rings (SSSR count). The van der Waals surface area contributed by atoms with E-state index in [1.165, 1.54) is 20.7 Å². The van der Waals surface area contributed by atoms with Crippen molar-refractivity contribution in [3.05, 3.63) is 46.8 Å². The molecule has 4 heterocycles. The van der Waals surface area contributed by atoms with E-state index in [4.69, 9.17) is 19.4 Å². The molecule has 0 radical (unpaired) electrons. The average molecular weight is 523 g/mol. The Morgan fingerprint density at radius 1 is 1.00 bits per heavy atom. The summed E-state index contributed by atoms with van der Waals surface area (Å²) in [6.45, 7) is 6.59. The Morgan fingerprint density at radius 3 is 2.63 bits per heavy atom. The summed E-state index contributed by atoms with van der Waals surface area (Å²) in [5.74, 6) is 1.48. The third-order valence-corrected chi connectivity index (χ3v) is 9.54. The second kappa shape index (κ2) is 9.05. The van der Waals surface area contributed by atoms with Crippen LogP contribution < -0.4 is 14.8 Å². The van der Waals surface area contributed by atoms with Gasteiger partial charge >= 0.3 is 0 Å². The molecule has 0 bridgehead atoms. The minimum Gasteiger partial charge on any atom is -0.497 e. The smallest absolute Gasteiger partial charge is 0.189 e.